The zero-order chi connectivity index (χ0) is 12.7. The molecular formula is C13H22N2O2. The van der Waals surface area contributed by atoms with Crippen LogP contribution in [0.5, 0.6) is 11.5 Å². The first kappa shape index (κ1) is 13.8. The molecule has 4 heteroatoms. The Balaban J connectivity index is 2.58. The fourth-order valence-electron chi connectivity index (χ4n) is 1.62. The van der Waals surface area contributed by atoms with Crippen LogP contribution < -0.4 is 14.8 Å². The fourth-order valence-corrected chi connectivity index (χ4v) is 1.62. The molecule has 0 aliphatic carbocycles. The van der Waals surface area contributed by atoms with Gasteiger partial charge < -0.3 is 19.7 Å². The molecule has 1 aromatic carbocycles. The van der Waals surface area contributed by atoms with Gasteiger partial charge in [-0.2, -0.15) is 0 Å². The Bertz CT molecular complexity index is 340. The summed E-state index contributed by atoms with van der Waals surface area (Å²) in [6.45, 7) is 2.76. The Morgan fingerprint density at radius 1 is 1.18 bits per heavy atom. The van der Waals surface area contributed by atoms with E-state index >= 15 is 0 Å². The lowest BCUT2D eigenvalue weighted by atomic mass is 10.2. The molecule has 0 radical (unpaired) electrons. The van der Waals surface area contributed by atoms with E-state index in [4.69, 9.17) is 9.47 Å². The minimum atomic E-state index is 0.777. The monoisotopic (exact) mass is 238 g/mol. The summed E-state index contributed by atoms with van der Waals surface area (Å²) in [5, 5.41) is 3.38. The quantitative estimate of drug-likeness (QED) is 0.727. The molecule has 0 unspecified atom stereocenters. The van der Waals surface area contributed by atoms with Crippen LogP contribution in [0.4, 0.5) is 0 Å². The zero-order valence-electron chi connectivity index (χ0n) is 11.1. The summed E-state index contributed by atoms with van der Waals surface area (Å²) < 4.78 is 10.6. The van der Waals surface area contributed by atoms with Crippen LogP contribution in [-0.2, 0) is 6.54 Å². The standard InChI is InChI=1S/C13H22N2O2/c1-15(2)9-8-14-10-11-6-5-7-12(16-3)13(11)17-4/h5-7,14H,8-10H2,1-4H3. The molecule has 96 valence electrons. The zero-order valence-corrected chi connectivity index (χ0v) is 11.1. The van der Waals surface area contributed by atoms with Gasteiger partial charge in [0.1, 0.15) is 0 Å². The third kappa shape index (κ3) is 4.24. The average Bonchev–Trinajstić information content (AvgIpc) is 2.33. The highest BCUT2D eigenvalue weighted by atomic mass is 16.5. The first-order valence-corrected chi connectivity index (χ1v) is 5.74. The molecule has 0 atom stereocenters. The van der Waals surface area contributed by atoms with Gasteiger partial charge in [0.2, 0.25) is 0 Å². The van der Waals surface area contributed by atoms with Crippen LogP contribution in [0.3, 0.4) is 0 Å². The van der Waals surface area contributed by atoms with E-state index in [9.17, 15) is 0 Å². The summed E-state index contributed by atoms with van der Waals surface area (Å²) in [4.78, 5) is 2.15. The van der Waals surface area contributed by atoms with E-state index in [2.05, 4.69) is 24.3 Å². The van der Waals surface area contributed by atoms with Crippen molar-refractivity contribution in [1.82, 2.24) is 10.2 Å². The number of ether oxygens (including phenoxy) is 2. The maximum atomic E-state index is 5.37. The summed E-state index contributed by atoms with van der Waals surface area (Å²) in [5.74, 6) is 1.59. The number of nitrogens with one attached hydrogen (secondary N) is 1. The molecule has 0 bridgehead atoms. The van der Waals surface area contributed by atoms with Gasteiger partial charge in [0, 0.05) is 25.2 Å². The van der Waals surface area contributed by atoms with Gasteiger partial charge >= 0.3 is 0 Å². The third-order valence-corrected chi connectivity index (χ3v) is 2.54. The van der Waals surface area contributed by atoms with Crippen molar-refractivity contribution < 1.29 is 9.47 Å². The van der Waals surface area contributed by atoms with Gasteiger partial charge in [-0.25, -0.2) is 0 Å². The van der Waals surface area contributed by atoms with E-state index in [1.807, 2.05) is 18.2 Å². The van der Waals surface area contributed by atoms with E-state index in [0.717, 1.165) is 36.7 Å². The van der Waals surface area contributed by atoms with Crippen molar-refractivity contribution in [1.29, 1.82) is 0 Å². The van der Waals surface area contributed by atoms with Gasteiger partial charge in [-0.15, -0.1) is 0 Å². The number of benzene rings is 1. The Hall–Kier alpha value is -1.26. The van der Waals surface area contributed by atoms with E-state index in [-0.39, 0.29) is 0 Å². The molecule has 0 saturated carbocycles. The number of hydrogen-bond donors (Lipinski definition) is 1. The molecule has 0 heterocycles. The summed E-state index contributed by atoms with van der Waals surface area (Å²) in [5.41, 5.74) is 1.12. The lowest BCUT2D eigenvalue weighted by molar-refractivity contribution is 0.349. The lowest BCUT2D eigenvalue weighted by Gasteiger charge is -2.14. The highest BCUT2D eigenvalue weighted by Gasteiger charge is 2.08. The van der Waals surface area contributed by atoms with Gasteiger partial charge in [0.05, 0.1) is 14.2 Å². The van der Waals surface area contributed by atoms with Crippen molar-refractivity contribution >= 4 is 0 Å². The summed E-state index contributed by atoms with van der Waals surface area (Å²) in [6.07, 6.45) is 0. The molecule has 0 aliphatic heterocycles. The first-order chi connectivity index (χ1) is 8.19. The number of methoxy groups -OCH3 is 2. The van der Waals surface area contributed by atoms with Crippen LogP contribution >= 0.6 is 0 Å². The first-order valence-electron chi connectivity index (χ1n) is 5.74. The molecule has 1 rings (SSSR count). The third-order valence-electron chi connectivity index (χ3n) is 2.54. The van der Waals surface area contributed by atoms with Crippen LogP contribution in [0, 0.1) is 0 Å². The molecular weight excluding hydrogens is 216 g/mol. The van der Waals surface area contributed by atoms with Crippen LogP contribution in [0.25, 0.3) is 0 Å². The SMILES string of the molecule is COc1cccc(CNCCN(C)C)c1OC. The maximum Gasteiger partial charge on any atom is 0.165 e. The smallest absolute Gasteiger partial charge is 0.165 e. The van der Waals surface area contributed by atoms with Crippen molar-refractivity contribution in [3.05, 3.63) is 23.8 Å². The second-order valence-electron chi connectivity index (χ2n) is 4.13. The second-order valence-corrected chi connectivity index (χ2v) is 4.13. The van der Waals surface area contributed by atoms with E-state index in [0.29, 0.717) is 0 Å². The Kier molecular flexibility index (Phi) is 5.80. The van der Waals surface area contributed by atoms with Crippen molar-refractivity contribution in [2.45, 2.75) is 6.54 Å². The Morgan fingerprint density at radius 3 is 2.53 bits per heavy atom. The minimum absolute atomic E-state index is 0.777. The highest BCUT2D eigenvalue weighted by Crippen LogP contribution is 2.30. The van der Waals surface area contributed by atoms with Crippen LogP contribution in [0.15, 0.2) is 18.2 Å². The largest absolute Gasteiger partial charge is 0.493 e. The second kappa shape index (κ2) is 7.14. The topological polar surface area (TPSA) is 33.7 Å². The van der Waals surface area contributed by atoms with Gasteiger partial charge in [0.25, 0.3) is 0 Å². The molecule has 1 N–H and O–H groups in total. The fraction of sp³-hybridized carbons (Fsp3) is 0.538. The Labute approximate surface area is 104 Å². The molecule has 0 spiro atoms. The molecule has 0 saturated heterocycles. The minimum Gasteiger partial charge on any atom is -0.493 e. The summed E-state index contributed by atoms with van der Waals surface area (Å²) >= 11 is 0. The normalized spacial score (nSPS) is 10.6. The molecule has 0 aliphatic rings. The van der Waals surface area contributed by atoms with E-state index < -0.39 is 0 Å². The van der Waals surface area contributed by atoms with Crippen molar-refractivity contribution in [3.8, 4) is 11.5 Å². The maximum absolute atomic E-state index is 5.37. The van der Waals surface area contributed by atoms with Gasteiger partial charge in [-0.1, -0.05) is 12.1 Å². The lowest BCUT2D eigenvalue weighted by Crippen LogP contribution is -2.26. The van der Waals surface area contributed by atoms with Crippen LogP contribution in [-0.4, -0.2) is 46.3 Å². The number of hydrogen-bond acceptors (Lipinski definition) is 4. The van der Waals surface area contributed by atoms with Crippen molar-refractivity contribution in [3.63, 3.8) is 0 Å². The average molecular weight is 238 g/mol. The predicted molar refractivity (Wildman–Crippen MR) is 69.8 cm³/mol. The van der Waals surface area contributed by atoms with Crippen molar-refractivity contribution in [2.75, 3.05) is 41.4 Å². The Morgan fingerprint density at radius 2 is 1.94 bits per heavy atom. The molecule has 0 amide bonds. The number of likely N-dealkylation sites (N-methyl/N-ethyl adjacent to an activating group) is 1. The number of rotatable bonds is 7. The molecule has 1 aromatic rings. The number of nitrogens with zero attached hydrogens (tertiary/aromatic N) is 1. The predicted octanol–water partition coefficient (Wildman–Crippen LogP) is 1.35. The number of para-hydroxylation sites is 1. The van der Waals surface area contributed by atoms with Gasteiger partial charge in [-0.3, -0.25) is 0 Å². The molecule has 0 fully saturated rings. The summed E-state index contributed by atoms with van der Waals surface area (Å²) in [6, 6.07) is 5.93. The van der Waals surface area contributed by atoms with E-state index in [1.54, 1.807) is 14.2 Å². The highest BCUT2D eigenvalue weighted by molar-refractivity contribution is 5.46. The van der Waals surface area contributed by atoms with Crippen LogP contribution in [0.1, 0.15) is 5.56 Å². The molecule has 17 heavy (non-hydrogen) atoms. The van der Waals surface area contributed by atoms with Gasteiger partial charge in [0.15, 0.2) is 11.5 Å². The summed E-state index contributed by atoms with van der Waals surface area (Å²) in [7, 11) is 7.45. The van der Waals surface area contributed by atoms with Crippen LogP contribution in [0.2, 0.25) is 0 Å². The van der Waals surface area contributed by atoms with Crippen molar-refractivity contribution in [2.24, 2.45) is 0 Å². The molecule has 0 aromatic heterocycles. The van der Waals surface area contributed by atoms with E-state index in [1.165, 1.54) is 0 Å². The molecule has 4 nitrogen and oxygen atoms in total. The van der Waals surface area contributed by atoms with Gasteiger partial charge in [-0.05, 0) is 20.2 Å².